The van der Waals surface area contributed by atoms with E-state index in [9.17, 15) is 4.79 Å². The Balaban J connectivity index is 2.94. The Bertz CT molecular complexity index is 280. The zero-order valence-electron chi connectivity index (χ0n) is 7.07. The number of carbonyl (C=O) groups is 1. The smallest absolute Gasteiger partial charge is 0.311 e. The number of aromatic nitrogens is 1. The van der Waals surface area contributed by atoms with Crippen molar-refractivity contribution in [1.29, 1.82) is 0 Å². The number of nitrogens with zero attached hydrogens (tertiary/aromatic N) is 1. The summed E-state index contributed by atoms with van der Waals surface area (Å²) in [5.74, 6) is -1.32. The van der Waals surface area contributed by atoms with E-state index in [0.717, 1.165) is 0 Å². The number of carboxylic acid groups (broad SMARTS) is 1. The molecule has 0 radical (unpaired) electrons. The lowest BCUT2D eigenvalue weighted by Crippen LogP contribution is -2.10. The van der Waals surface area contributed by atoms with Crippen LogP contribution in [0.25, 0.3) is 0 Å². The van der Waals surface area contributed by atoms with E-state index >= 15 is 0 Å². The van der Waals surface area contributed by atoms with Gasteiger partial charge in [-0.3, -0.25) is 4.79 Å². The minimum Gasteiger partial charge on any atom is -0.481 e. The summed E-state index contributed by atoms with van der Waals surface area (Å²) in [4.78, 5) is 10.7. The minimum absolute atomic E-state index is 0.490. The number of carboxylic acids is 1. The normalized spacial score (nSPS) is 12.8. The molecule has 0 amide bonds. The van der Waals surface area contributed by atoms with E-state index in [0.29, 0.717) is 17.7 Å². The summed E-state index contributed by atoms with van der Waals surface area (Å²) in [5, 5.41) is 12.4. The zero-order valence-corrected chi connectivity index (χ0v) is 7.07. The van der Waals surface area contributed by atoms with Crippen molar-refractivity contribution < 1.29 is 14.4 Å². The average Bonchev–Trinajstić information content (AvgIpc) is 2.38. The topological polar surface area (TPSA) is 63.3 Å². The molecule has 4 heteroatoms. The summed E-state index contributed by atoms with van der Waals surface area (Å²) in [6.45, 7) is 3.57. The SMILES string of the molecule is CCC(C(=O)O)c1conc1C. The second-order valence-electron chi connectivity index (χ2n) is 2.65. The highest BCUT2D eigenvalue weighted by atomic mass is 16.5. The van der Waals surface area contributed by atoms with Crippen LogP contribution >= 0.6 is 0 Å². The average molecular weight is 169 g/mol. The Hall–Kier alpha value is -1.32. The van der Waals surface area contributed by atoms with Crippen molar-refractivity contribution in [2.75, 3.05) is 0 Å². The van der Waals surface area contributed by atoms with Crippen LogP contribution in [0.5, 0.6) is 0 Å². The molecule has 0 aliphatic carbocycles. The summed E-state index contributed by atoms with van der Waals surface area (Å²) in [5.41, 5.74) is 1.33. The van der Waals surface area contributed by atoms with Crippen LogP contribution in [0, 0.1) is 6.92 Å². The maximum Gasteiger partial charge on any atom is 0.311 e. The van der Waals surface area contributed by atoms with E-state index < -0.39 is 11.9 Å². The fourth-order valence-electron chi connectivity index (χ4n) is 1.16. The molecule has 1 unspecified atom stereocenters. The Morgan fingerprint density at radius 2 is 2.50 bits per heavy atom. The molecule has 1 rings (SSSR count). The highest BCUT2D eigenvalue weighted by molar-refractivity contribution is 5.76. The molecular weight excluding hydrogens is 158 g/mol. The van der Waals surface area contributed by atoms with E-state index in [1.807, 2.05) is 6.92 Å². The highest BCUT2D eigenvalue weighted by Crippen LogP contribution is 2.21. The predicted molar refractivity (Wildman–Crippen MR) is 41.9 cm³/mol. The summed E-state index contributed by atoms with van der Waals surface area (Å²) >= 11 is 0. The standard InChI is InChI=1S/C8H11NO3/c1-3-6(8(10)11)7-4-12-9-5(7)2/h4,6H,3H2,1-2H3,(H,10,11). The van der Waals surface area contributed by atoms with Crippen LogP contribution in [0.15, 0.2) is 10.8 Å². The van der Waals surface area contributed by atoms with Crippen molar-refractivity contribution in [2.45, 2.75) is 26.2 Å². The zero-order chi connectivity index (χ0) is 9.14. The first-order valence-corrected chi connectivity index (χ1v) is 3.80. The molecule has 1 aromatic rings. The van der Waals surface area contributed by atoms with Gasteiger partial charge >= 0.3 is 5.97 Å². The molecule has 1 heterocycles. The third-order valence-corrected chi connectivity index (χ3v) is 1.87. The van der Waals surface area contributed by atoms with Gasteiger partial charge in [-0.25, -0.2) is 0 Å². The van der Waals surface area contributed by atoms with E-state index in [2.05, 4.69) is 9.68 Å². The largest absolute Gasteiger partial charge is 0.481 e. The number of aryl methyl sites for hydroxylation is 1. The summed E-state index contributed by atoms with van der Waals surface area (Å²) < 4.78 is 4.66. The molecule has 0 saturated carbocycles. The van der Waals surface area contributed by atoms with Gasteiger partial charge in [0.1, 0.15) is 6.26 Å². The van der Waals surface area contributed by atoms with E-state index in [-0.39, 0.29) is 0 Å². The van der Waals surface area contributed by atoms with Gasteiger partial charge in [-0.2, -0.15) is 0 Å². The van der Waals surface area contributed by atoms with Crippen LogP contribution in [-0.4, -0.2) is 16.2 Å². The van der Waals surface area contributed by atoms with Crippen LogP contribution in [0.1, 0.15) is 30.5 Å². The van der Waals surface area contributed by atoms with Crippen molar-refractivity contribution in [3.63, 3.8) is 0 Å². The second-order valence-corrected chi connectivity index (χ2v) is 2.65. The minimum atomic E-state index is -0.830. The molecule has 1 aromatic heterocycles. The van der Waals surface area contributed by atoms with E-state index in [4.69, 9.17) is 5.11 Å². The molecule has 0 aliphatic heterocycles. The van der Waals surface area contributed by atoms with Gasteiger partial charge in [0.2, 0.25) is 0 Å². The van der Waals surface area contributed by atoms with Gasteiger partial charge in [0, 0.05) is 5.56 Å². The molecule has 66 valence electrons. The monoisotopic (exact) mass is 169 g/mol. The van der Waals surface area contributed by atoms with Crippen LogP contribution < -0.4 is 0 Å². The van der Waals surface area contributed by atoms with Crippen molar-refractivity contribution in [2.24, 2.45) is 0 Å². The van der Waals surface area contributed by atoms with Gasteiger partial charge in [0.15, 0.2) is 0 Å². The highest BCUT2D eigenvalue weighted by Gasteiger charge is 2.21. The van der Waals surface area contributed by atoms with Crippen molar-refractivity contribution >= 4 is 5.97 Å². The maximum atomic E-state index is 10.7. The first-order valence-electron chi connectivity index (χ1n) is 3.80. The molecule has 0 spiro atoms. The molecule has 4 nitrogen and oxygen atoms in total. The van der Waals surface area contributed by atoms with Gasteiger partial charge in [0.25, 0.3) is 0 Å². The molecule has 0 aromatic carbocycles. The van der Waals surface area contributed by atoms with Gasteiger partial charge < -0.3 is 9.63 Å². The fourth-order valence-corrected chi connectivity index (χ4v) is 1.16. The van der Waals surface area contributed by atoms with Crippen LogP contribution in [0.4, 0.5) is 0 Å². The van der Waals surface area contributed by atoms with Crippen molar-refractivity contribution in [3.8, 4) is 0 Å². The van der Waals surface area contributed by atoms with Gasteiger partial charge in [-0.15, -0.1) is 0 Å². The van der Waals surface area contributed by atoms with Crippen molar-refractivity contribution in [1.82, 2.24) is 5.16 Å². The number of rotatable bonds is 3. The Kier molecular flexibility index (Phi) is 2.47. The second kappa shape index (κ2) is 3.38. The lowest BCUT2D eigenvalue weighted by molar-refractivity contribution is -0.138. The molecule has 1 atom stereocenters. The Labute approximate surface area is 70.2 Å². The van der Waals surface area contributed by atoms with Gasteiger partial charge in [0.05, 0.1) is 11.6 Å². The lowest BCUT2D eigenvalue weighted by atomic mass is 9.98. The third kappa shape index (κ3) is 1.47. The Morgan fingerprint density at radius 1 is 1.83 bits per heavy atom. The number of hydrogen-bond acceptors (Lipinski definition) is 3. The fraction of sp³-hybridized carbons (Fsp3) is 0.500. The van der Waals surface area contributed by atoms with E-state index in [1.54, 1.807) is 6.92 Å². The van der Waals surface area contributed by atoms with Gasteiger partial charge in [-0.05, 0) is 13.3 Å². The Morgan fingerprint density at radius 3 is 2.83 bits per heavy atom. The van der Waals surface area contributed by atoms with Crippen molar-refractivity contribution in [3.05, 3.63) is 17.5 Å². The number of hydrogen-bond donors (Lipinski definition) is 1. The van der Waals surface area contributed by atoms with E-state index in [1.165, 1.54) is 6.26 Å². The molecule has 1 N–H and O–H groups in total. The summed E-state index contributed by atoms with van der Waals surface area (Å²) in [6.07, 6.45) is 1.95. The quantitative estimate of drug-likeness (QED) is 0.745. The predicted octanol–water partition coefficient (Wildman–Crippen LogP) is 1.56. The summed E-state index contributed by atoms with van der Waals surface area (Å²) in [6, 6.07) is 0. The molecule has 0 saturated heterocycles. The molecule has 0 fully saturated rings. The first kappa shape index (κ1) is 8.77. The molecule has 0 aliphatic rings. The van der Waals surface area contributed by atoms with Crippen LogP contribution in [0.3, 0.4) is 0 Å². The molecule has 0 bridgehead atoms. The molecular formula is C8H11NO3. The van der Waals surface area contributed by atoms with Gasteiger partial charge in [-0.1, -0.05) is 12.1 Å². The first-order chi connectivity index (χ1) is 5.66. The maximum absolute atomic E-state index is 10.7. The van der Waals surface area contributed by atoms with Crippen LogP contribution in [-0.2, 0) is 4.79 Å². The number of aliphatic carboxylic acids is 1. The third-order valence-electron chi connectivity index (χ3n) is 1.87. The molecule has 12 heavy (non-hydrogen) atoms. The lowest BCUT2D eigenvalue weighted by Gasteiger charge is -2.05. The summed E-state index contributed by atoms with van der Waals surface area (Å²) in [7, 11) is 0. The van der Waals surface area contributed by atoms with Crippen LogP contribution in [0.2, 0.25) is 0 Å².